The van der Waals surface area contributed by atoms with E-state index in [9.17, 15) is 4.79 Å². The van der Waals surface area contributed by atoms with Gasteiger partial charge in [-0.3, -0.25) is 9.69 Å². The van der Waals surface area contributed by atoms with E-state index in [1.54, 1.807) is 6.07 Å². The van der Waals surface area contributed by atoms with Crippen LogP contribution >= 0.6 is 0 Å². The molecule has 0 bridgehead atoms. The lowest BCUT2D eigenvalue weighted by Gasteiger charge is -2.34. The summed E-state index contributed by atoms with van der Waals surface area (Å²) in [5.41, 5.74) is 2.34. The predicted molar refractivity (Wildman–Crippen MR) is 94.6 cm³/mol. The van der Waals surface area contributed by atoms with Gasteiger partial charge >= 0.3 is 0 Å². The van der Waals surface area contributed by atoms with Gasteiger partial charge in [0.05, 0.1) is 13.2 Å². The highest BCUT2D eigenvalue weighted by Crippen LogP contribution is 2.28. The Hall–Kier alpha value is -1.92. The second-order valence-corrected chi connectivity index (χ2v) is 7.04. The van der Waals surface area contributed by atoms with Crippen LogP contribution in [0.2, 0.25) is 0 Å². The van der Waals surface area contributed by atoms with Gasteiger partial charge in [-0.2, -0.15) is 0 Å². The van der Waals surface area contributed by atoms with E-state index in [1.165, 1.54) is 0 Å². The molecule has 134 valence electrons. The number of nitrogens with zero attached hydrogens (tertiary/aromatic N) is 3. The van der Waals surface area contributed by atoms with Crippen LogP contribution in [0.3, 0.4) is 0 Å². The predicted octanol–water partition coefficient (Wildman–Crippen LogP) is 2.32. The fourth-order valence-corrected chi connectivity index (χ4v) is 4.03. The average Bonchev–Trinajstić information content (AvgIpc) is 3.25. The number of carbonyl (C=O) groups is 1. The van der Waals surface area contributed by atoms with Gasteiger partial charge in [-0.15, -0.1) is 0 Å². The van der Waals surface area contributed by atoms with Crippen LogP contribution in [0.1, 0.15) is 29.6 Å². The maximum atomic E-state index is 13.0. The van der Waals surface area contributed by atoms with Crippen molar-refractivity contribution in [1.29, 1.82) is 0 Å². The van der Waals surface area contributed by atoms with Crippen molar-refractivity contribution in [2.75, 3.05) is 39.4 Å². The zero-order chi connectivity index (χ0) is 17.4. The summed E-state index contributed by atoms with van der Waals surface area (Å²) in [4.78, 5) is 21.8. The Morgan fingerprint density at radius 2 is 2.08 bits per heavy atom. The Kier molecular flexibility index (Phi) is 4.48. The van der Waals surface area contributed by atoms with E-state index >= 15 is 0 Å². The number of carbonyl (C=O) groups excluding carboxylic acids is 1. The van der Waals surface area contributed by atoms with E-state index < -0.39 is 0 Å². The molecule has 2 aliphatic rings. The van der Waals surface area contributed by atoms with Crippen LogP contribution in [0.4, 0.5) is 0 Å². The van der Waals surface area contributed by atoms with E-state index in [-0.39, 0.29) is 5.91 Å². The first kappa shape index (κ1) is 16.5. The second-order valence-electron chi connectivity index (χ2n) is 7.04. The molecule has 4 heterocycles. The first-order chi connectivity index (χ1) is 12.2. The summed E-state index contributed by atoms with van der Waals surface area (Å²) in [6.45, 7) is 9.19. The molecule has 0 aromatic carbocycles. The molecule has 2 aromatic rings. The quantitative estimate of drug-likeness (QED) is 0.856. The molecule has 6 heteroatoms. The molecule has 2 fully saturated rings. The molecule has 25 heavy (non-hydrogen) atoms. The van der Waals surface area contributed by atoms with E-state index in [1.807, 2.05) is 24.0 Å². The third-order valence-corrected chi connectivity index (χ3v) is 5.46. The highest BCUT2D eigenvalue weighted by molar-refractivity contribution is 5.95. The Balaban J connectivity index is 1.53. The first-order valence-electron chi connectivity index (χ1n) is 9.14. The van der Waals surface area contributed by atoms with Gasteiger partial charge in [0, 0.05) is 44.0 Å². The van der Waals surface area contributed by atoms with Gasteiger partial charge in [0.1, 0.15) is 5.52 Å². The van der Waals surface area contributed by atoms with Crippen molar-refractivity contribution < 1.29 is 13.9 Å². The van der Waals surface area contributed by atoms with Crippen LogP contribution < -0.4 is 0 Å². The number of likely N-dealkylation sites (tertiary alicyclic amines) is 1. The van der Waals surface area contributed by atoms with Crippen LogP contribution in [0, 0.1) is 12.8 Å². The number of aromatic nitrogens is 1. The fraction of sp³-hybridized carbons (Fsp3) is 0.579. The topological polar surface area (TPSA) is 58.8 Å². The molecule has 0 aliphatic carbocycles. The number of amides is 1. The SMILES string of the molecule is CC[C@@H]1CN(C(=O)c2cc3nc(C)ccc3o2)C[C@@H]1N1CCOCC1. The monoisotopic (exact) mass is 343 g/mol. The number of hydrogen-bond donors (Lipinski definition) is 0. The summed E-state index contributed by atoms with van der Waals surface area (Å²) in [5.74, 6) is 0.877. The number of furan rings is 1. The summed E-state index contributed by atoms with van der Waals surface area (Å²) < 4.78 is 11.2. The summed E-state index contributed by atoms with van der Waals surface area (Å²) in [7, 11) is 0. The van der Waals surface area contributed by atoms with Crippen LogP contribution in [0.25, 0.3) is 11.1 Å². The number of fused-ring (bicyclic) bond motifs is 1. The van der Waals surface area contributed by atoms with Gasteiger partial charge in [0.15, 0.2) is 11.3 Å². The Morgan fingerprint density at radius 1 is 1.28 bits per heavy atom. The van der Waals surface area contributed by atoms with Crippen LogP contribution in [0.5, 0.6) is 0 Å². The molecule has 0 unspecified atom stereocenters. The molecule has 2 aliphatic heterocycles. The Bertz CT molecular complexity index is 766. The van der Waals surface area contributed by atoms with E-state index in [2.05, 4.69) is 16.8 Å². The summed E-state index contributed by atoms with van der Waals surface area (Å²) in [6, 6.07) is 5.97. The van der Waals surface area contributed by atoms with Gasteiger partial charge in [0.25, 0.3) is 5.91 Å². The second kappa shape index (κ2) is 6.77. The molecule has 0 radical (unpaired) electrons. The molecule has 1 amide bonds. The first-order valence-corrected chi connectivity index (χ1v) is 9.14. The van der Waals surface area contributed by atoms with Crippen molar-refractivity contribution >= 4 is 17.0 Å². The van der Waals surface area contributed by atoms with Crippen molar-refractivity contribution in [3.05, 3.63) is 29.7 Å². The third kappa shape index (κ3) is 3.16. The minimum atomic E-state index is -0.0233. The van der Waals surface area contributed by atoms with Gasteiger partial charge in [-0.25, -0.2) is 4.98 Å². The van der Waals surface area contributed by atoms with E-state index in [4.69, 9.17) is 9.15 Å². The van der Waals surface area contributed by atoms with Gasteiger partial charge in [-0.05, 0) is 25.0 Å². The summed E-state index contributed by atoms with van der Waals surface area (Å²) in [6.07, 6.45) is 1.08. The number of hydrogen-bond acceptors (Lipinski definition) is 5. The van der Waals surface area contributed by atoms with E-state index in [0.717, 1.165) is 57.0 Å². The lowest BCUT2D eigenvalue weighted by molar-refractivity contribution is 0.0102. The molecule has 0 saturated carbocycles. The maximum Gasteiger partial charge on any atom is 0.289 e. The van der Waals surface area contributed by atoms with Gasteiger partial charge in [0.2, 0.25) is 0 Å². The number of rotatable bonds is 3. The highest BCUT2D eigenvalue weighted by Gasteiger charge is 2.39. The van der Waals surface area contributed by atoms with Crippen molar-refractivity contribution in [2.24, 2.45) is 5.92 Å². The number of aryl methyl sites for hydroxylation is 1. The average molecular weight is 343 g/mol. The lowest BCUT2D eigenvalue weighted by atomic mass is 9.99. The Morgan fingerprint density at radius 3 is 2.84 bits per heavy atom. The highest BCUT2D eigenvalue weighted by atomic mass is 16.5. The standard InChI is InChI=1S/C19H25N3O3/c1-3-14-11-22(12-16(14)21-6-8-24-9-7-21)19(23)18-10-15-17(25-18)5-4-13(2)20-15/h4-5,10,14,16H,3,6-9,11-12H2,1-2H3/t14-,16+/m1/s1. The van der Waals surface area contributed by atoms with Crippen LogP contribution in [-0.4, -0.2) is 66.1 Å². The Labute approximate surface area is 147 Å². The maximum absolute atomic E-state index is 13.0. The normalized spacial score (nSPS) is 25.0. The summed E-state index contributed by atoms with van der Waals surface area (Å²) in [5, 5.41) is 0. The van der Waals surface area contributed by atoms with Crippen molar-refractivity contribution in [3.8, 4) is 0 Å². The molecular formula is C19H25N3O3. The minimum Gasteiger partial charge on any atom is -0.449 e. The van der Waals surface area contributed by atoms with Crippen LogP contribution in [-0.2, 0) is 4.74 Å². The molecule has 2 aromatic heterocycles. The zero-order valence-electron chi connectivity index (χ0n) is 14.9. The number of pyridine rings is 1. The molecule has 0 spiro atoms. The third-order valence-electron chi connectivity index (χ3n) is 5.46. The largest absolute Gasteiger partial charge is 0.449 e. The number of morpholine rings is 1. The zero-order valence-corrected chi connectivity index (χ0v) is 14.9. The van der Waals surface area contributed by atoms with E-state index in [0.29, 0.717) is 23.3 Å². The fourth-order valence-electron chi connectivity index (χ4n) is 4.03. The molecule has 6 nitrogen and oxygen atoms in total. The van der Waals surface area contributed by atoms with Crippen molar-refractivity contribution in [1.82, 2.24) is 14.8 Å². The smallest absolute Gasteiger partial charge is 0.289 e. The van der Waals surface area contributed by atoms with Gasteiger partial charge in [-0.1, -0.05) is 13.3 Å². The molecule has 2 atom stereocenters. The van der Waals surface area contributed by atoms with Crippen molar-refractivity contribution in [3.63, 3.8) is 0 Å². The minimum absolute atomic E-state index is 0.0233. The molecule has 0 N–H and O–H groups in total. The lowest BCUT2D eigenvalue weighted by Crippen LogP contribution is -2.47. The number of ether oxygens (including phenoxy) is 1. The summed E-state index contributed by atoms with van der Waals surface area (Å²) >= 11 is 0. The van der Waals surface area contributed by atoms with Crippen LogP contribution in [0.15, 0.2) is 22.6 Å². The molecule has 4 rings (SSSR count). The van der Waals surface area contributed by atoms with Crippen molar-refractivity contribution in [2.45, 2.75) is 26.3 Å². The molecular weight excluding hydrogens is 318 g/mol. The van der Waals surface area contributed by atoms with Gasteiger partial charge < -0.3 is 14.1 Å². The molecule has 2 saturated heterocycles.